The second kappa shape index (κ2) is 3.84. The van der Waals surface area contributed by atoms with Crippen LogP contribution in [0.3, 0.4) is 0 Å². The molecule has 0 saturated heterocycles. The first-order chi connectivity index (χ1) is 6.75. The van der Waals surface area contributed by atoms with Crippen LogP contribution in [0.5, 0.6) is 0 Å². The lowest BCUT2D eigenvalue weighted by Gasteiger charge is -2.13. The Balaban J connectivity index is 2.05. The molecule has 0 aliphatic heterocycles. The van der Waals surface area contributed by atoms with Crippen LogP contribution in [0.2, 0.25) is 0 Å². The van der Waals surface area contributed by atoms with Crippen molar-refractivity contribution in [3.63, 3.8) is 0 Å². The first-order valence-corrected chi connectivity index (χ1v) is 5.29. The number of furan rings is 1. The highest BCUT2D eigenvalue weighted by molar-refractivity contribution is 7.09. The van der Waals surface area contributed by atoms with Gasteiger partial charge in [0.05, 0.1) is 12.8 Å². The van der Waals surface area contributed by atoms with Gasteiger partial charge < -0.3 is 9.32 Å². The number of aromatic nitrogens is 1. The van der Waals surface area contributed by atoms with Gasteiger partial charge >= 0.3 is 0 Å². The van der Waals surface area contributed by atoms with Gasteiger partial charge in [-0.05, 0) is 13.0 Å². The summed E-state index contributed by atoms with van der Waals surface area (Å²) in [5.41, 5.74) is 1.08. The maximum atomic E-state index is 5.28. The van der Waals surface area contributed by atoms with Crippen LogP contribution in [0.25, 0.3) is 0 Å². The molecule has 2 heterocycles. The fourth-order valence-electron chi connectivity index (χ4n) is 1.24. The van der Waals surface area contributed by atoms with E-state index in [2.05, 4.69) is 10.4 Å². The number of nitrogens with zero attached hydrogens (tertiary/aromatic N) is 2. The van der Waals surface area contributed by atoms with Crippen molar-refractivity contribution in [3.8, 4) is 0 Å². The molecule has 0 bridgehead atoms. The van der Waals surface area contributed by atoms with Gasteiger partial charge in [0.2, 0.25) is 0 Å². The van der Waals surface area contributed by atoms with E-state index in [9.17, 15) is 0 Å². The highest BCUT2D eigenvalue weighted by Crippen LogP contribution is 2.17. The normalized spacial score (nSPS) is 10.4. The smallest absolute Gasteiger partial charge is 0.195 e. The number of aryl methyl sites for hydroxylation is 1. The van der Waals surface area contributed by atoms with E-state index in [-0.39, 0.29) is 0 Å². The number of anilines is 1. The monoisotopic (exact) mass is 208 g/mol. The van der Waals surface area contributed by atoms with E-state index in [0.717, 1.165) is 23.1 Å². The topological polar surface area (TPSA) is 29.3 Å². The SMILES string of the molecule is Cc1csc(CN(C)c2ccco2)n1. The Labute approximate surface area is 87.0 Å². The molecular formula is C10H12N2OS. The first kappa shape index (κ1) is 9.27. The van der Waals surface area contributed by atoms with Gasteiger partial charge in [0.25, 0.3) is 0 Å². The Morgan fingerprint density at radius 3 is 3.00 bits per heavy atom. The molecule has 0 unspecified atom stereocenters. The summed E-state index contributed by atoms with van der Waals surface area (Å²) in [6.07, 6.45) is 1.68. The van der Waals surface area contributed by atoms with Crippen molar-refractivity contribution in [2.45, 2.75) is 13.5 Å². The van der Waals surface area contributed by atoms with Crippen LogP contribution in [0, 0.1) is 6.92 Å². The minimum atomic E-state index is 0.798. The van der Waals surface area contributed by atoms with Crippen LogP contribution in [0.15, 0.2) is 28.2 Å². The summed E-state index contributed by atoms with van der Waals surface area (Å²) < 4.78 is 5.28. The molecule has 0 amide bonds. The highest BCUT2D eigenvalue weighted by Gasteiger charge is 2.06. The fraction of sp³-hybridized carbons (Fsp3) is 0.300. The molecule has 2 aromatic heterocycles. The molecule has 0 radical (unpaired) electrons. The average molecular weight is 208 g/mol. The molecule has 0 aromatic carbocycles. The van der Waals surface area contributed by atoms with Gasteiger partial charge in [0, 0.05) is 24.2 Å². The Hall–Kier alpha value is -1.29. The molecule has 74 valence electrons. The fourth-order valence-corrected chi connectivity index (χ4v) is 2.07. The molecule has 0 aliphatic carbocycles. The maximum Gasteiger partial charge on any atom is 0.195 e. The van der Waals surface area contributed by atoms with E-state index in [1.54, 1.807) is 17.6 Å². The molecule has 0 atom stereocenters. The van der Waals surface area contributed by atoms with Gasteiger partial charge in [-0.2, -0.15) is 0 Å². The minimum Gasteiger partial charge on any atom is -0.449 e. The van der Waals surface area contributed by atoms with Crippen molar-refractivity contribution < 1.29 is 4.42 Å². The number of thiazole rings is 1. The largest absolute Gasteiger partial charge is 0.449 e. The van der Waals surface area contributed by atoms with Crippen LogP contribution in [-0.4, -0.2) is 12.0 Å². The van der Waals surface area contributed by atoms with Crippen LogP contribution in [0.4, 0.5) is 5.88 Å². The molecular weight excluding hydrogens is 196 g/mol. The minimum absolute atomic E-state index is 0.798. The highest BCUT2D eigenvalue weighted by atomic mass is 32.1. The zero-order valence-electron chi connectivity index (χ0n) is 8.23. The quantitative estimate of drug-likeness (QED) is 0.776. The lowest BCUT2D eigenvalue weighted by Crippen LogP contribution is -2.15. The number of rotatable bonds is 3. The lowest BCUT2D eigenvalue weighted by molar-refractivity contribution is 0.554. The zero-order chi connectivity index (χ0) is 9.97. The third-order valence-corrected chi connectivity index (χ3v) is 2.87. The summed E-state index contributed by atoms with van der Waals surface area (Å²) in [4.78, 5) is 6.44. The molecule has 4 heteroatoms. The summed E-state index contributed by atoms with van der Waals surface area (Å²) in [5, 5.41) is 3.17. The summed E-state index contributed by atoms with van der Waals surface area (Å²) in [6.45, 7) is 2.80. The first-order valence-electron chi connectivity index (χ1n) is 4.41. The van der Waals surface area contributed by atoms with Gasteiger partial charge in [0.1, 0.15) is 5.01 Å². The molecule has 0 N–H and O–H groups in total. The van der Waals surface area contributed by atoms with E-state index in [1.807, 2.05) is 31.0 Å². The summed E-state index contributed by atoms with van der Waals surface area (Å²) >= 11 is 1.68. The third-order valence-electron chi connectivity index (χ3n) is 1.92. The Bertz CT molecular complexity index is 394. The molecule has 0 fully saturated rings. The zero-order valence-corrected chi connectivity index (χ0v) is 9.04. The van der Waals surface area contributed by atoms with E-state index in [0.29, 0.717) is 0 Å². The van der Waals surface area contributed by atoms with Crippen molar-refractivity contribution >= 4 is 17.2 Å². The molecule has 0 saturated carbocycles. The van der Waals surface area contributed by atoms with Crippen LogP contribution < -0.4 is 4.90 Å². The number of hydrogen-bond acceptors (Lipinski definition) is 4. The molecule has 3 nitrogen and oxygen atoms in total. The lowest BCUT2D eigenvalue weighted by atomic mass is 10.5. The van der Waals surface area contributed by atoms with Gasteiger partial charge in [-0.1, -0.05) is 0 Å². The summed E-state index contributed by atoms with van der Waals surface area (Å²) in [5.74, 6) is 0.873. The van der Waals surface area contributed by atoms with Gasteiger partial charge in [-0.25, -0.2) is 4.98 Å². The molecule has 2 rings (SSSR count). The van der Waals surface area contributed by atoms with Gasteiger partial charge in [-0.15, -0.1) is 11.3 Å². The second-order valence-corrected chi connectivity index (χ2v) is 4.13. The standard InChI is InChI=1S/C10H12N2OS/c1-8-7-14-9(11-8)6-12(2)10-4-3-5-13-10/h3-5,7H,6H2,1-2H3. The van der Waals surface area contributed by atoms with E-state index in [4.69, 9.17) is 4.42 Å². The third kappa shape index (κ3) is 1.96. The van der Waals surface area contributed by atoms with E-state index >= 15 is 0 Å². The maximum absolute atomic E-state index is 5.28. The molecule has 0 spiro atoms. The van der Waals surface area contributed by atoms with Crippen LogP contribution >= 0.6 is 11.3 Å². The van der Waals surface area contributed by atoms with Crippen molar-refractivity contribution in [2.24, 2.45) is 0 Å². The van der Waals surface area contributed by atoms with Crippen molar-refractivity contribution in [1.82, 2.24) is 4.98 Å². The molecule has 14 heavy (non-hydrogen) atoms. The molecule has 2 aromatic rings. The van der Waals surface area contributed by atoms with E-state index in [1.165, 1.54) is 0 Å². The predicted molar refractivity (Wildman–Crippen MR) is 57.7 cm³/mol. The Kier molecular flexibility index (Phi) is 2.54. The van der Waals surface area contributed by atoms with Crippen LogP contribution in [-0.2, 0) is 6.54 Å². The summed E-state index contributed by atoms with van der Waals surface area (Å²) in [6, 6.07) is 3.83. The summed E-state index contributed by atoms with van der Waals surface area (Å²) in [7, 11) is 2.00. The Morgan fingerprint density at radius 2 is 2.43 bits per heavy atom. The average Bonchev–Trinajstić information content (AvgIpc) is 2.75. The van der Waals surface area contributed by atoms with Crippen LogP contribution in [0.1, 0.15) is 10.7 Å². The predicted octanol–water partition coefficient (Wildman–Crippen LogP) is 2.68. The molecule has 0 aliphatic rings. The van der Waals surface area contributed by atoms with Crippen molar-refractivity contribution in [2.75, 3.05) is 11.9 Å². The van der Waals surface area contributed by atoms with Gasteiger partial charge in [-0.3, -0.25) is 0 Å². The van der Waals surface area contributed by atoms with Crippen molar-refractivity contribution in [1.29, 1.82) is 0 Å². The van der Waals surface area contributed by atoms with Crippen molar-refractivity contribution in [3.05, 3.63) is 34.5 Å². The number of hydrogen-bond donors (Lipinski definition) is 0. The van der Waals surface area contributed by atoms with Gasteiger partial charge in [0.15, 0.2) is 5.88 Å². The van der Waals surface area contributed by atoms with E-state index < -0.39 is 0 Å². The second-order valence-electron chi connectivity index (χ2n) is 3.19. The Morgan fingerprint density at radius 1 is 1.57 bits per heavy atom.